The molecule has 1 aromatic heterocycles. The standard InChI is InChI=1S/C16H22N2O3/c1-5-8-17-11(2)16-18-10-15(21-16)13-7-6-12(19-3)9-14(13)20-4/h6-7,9-11,17H,5,8H2,1-4H3. The zero-order valence-electron chi connectivity index (χ0n) is 13.0. The Bertz CT molecular complexity index is 581. The van der Waals surface area contributed by atoms with Gasteiger partial charge in [0, 0.05) is 6.07 Å². The smallest absolute Gasteiger partial charge is 0.211 e. The molecule has 0 fully saturated rings. The number of hydrogen-bond acceptors (Lipinski definition) is 5. The summed E-state index contributed by atoms with van der Waals surface area (Å²) < 4.78 is 16.4. The highest BCUT2D eigenvalue weighted by Gasteiger charge is 2.15. The fraction of sp³-hybridized carbons (Fsp3) is 0.438. The van der Waals surface area contributed by atoms with Crippen LogP contribution in [0, 0.1) is 0 Å². The number of oxazole rings is 1. The molecule has 1 unspecified atom stereocenters. The predicted molar refractivity (Wildman–Crippen MR) is 81.8 cm³/mol. The lowest BCUT2D eigenvalue weighted by molar-refractivity contribution is 0.392. The molecule has 0 aliphatic heterocycles. The Hall–Kier alpha value is -2.01. The van der Waals surface area contributed by atoms with Gasteiger partial charge in [0.05, 0.1) is 32.0 Å². The van der Waals surface area contributed by atoms with Crippen molar-refractivity contribution in [3.63, 3.8) is 0 Å². The molecule has 1 aromatic carbocycles. The van der Waals surface area contributed by atoms with Crippen LogP contribution in [0.4, 0.5) is 0 Å². The molecule has 0 spiro atoms. The van der Waals surface area contributed by atoms with Crippen LogP contribution in [0.2, 0.25) is 0 Å². The van der Waals surface area contributed by atoms with Crippen LogP contribution in [0.1, 0.15) is 32.2 Å². The summed E-state index contributed by atoms with van der Waals surface area (Å²) in [5.41, 5.74) is 0.861. The van der Waals surface area contributed by atoms with Crippen LogP contribution in [0.15, 0.2) is 28.8 Å². The summed E-state index contributed by atoms with van der Waals surface area (Å²) in [6, 6.07) is 5.70. The van der Waals surface area contributed by atoms with Crippen LogP contribution >= 0.6 is 0 Å². The molecule has 1 atom stereocenters. The minimum atomic E-state index is 0.0861. The quantitative estimate of drug-likeness (QED) is 0.846. The average Bonchev–Trinajstić information content (AvgIpc) is 3.01. The lowest BCUT2D eigenvalue weighted by Gasteiger charge is -2.09. The first kappa shape index (κ1) is 15.4. The molecule has 0 aliphatic carbocycles. The summed E-state index contributed by atoms with van der Waals surface area (Å²) in [6.45, 7) is 5.10. The second-order valence-electron chi connectivity index (χ2n) is 4.80. The molecule has 2 rings (SSSR count). The van der Waals surface area contributed by atoms with Gasteiger partial charge < -0.3 is 19.2 Å². The van der Waals surface area contributed by atoms with Gasteiger partial charge >= 0.3 is 0 Å². The van der Waals surface area contributed by atoms with Gasteiger partial charge in [0.15, 0.2) is 5.76 Å². The van der Waals surface area contributed by atoms with Crippen molar-refractivity contribution in [3.05, 3.63) is 30.3 Å². The number of rotatable bonds is 7. The van der Waals surface area contributed by atoms with E-state index in [2.05, 4.69) is 17.2 Å². The molecule has 0 amide bonds. The largest absolute Gasteiger partial charge is 0.497 e. The van der Waals surface area contributed by atoms with E-state index < -0.39 is 0 Å². The van der Waals surface area contributed by atoms with Crippen molar-refractivity contribution >= 4 is 0 Å². The molecule has 1 N–H and O–H groups in total. The van der Waals surface area contributed by atoms with Crippen LogP contribution < -0.4 is 14.8 Å². The summed E-state index contributed by atoms with van der Waals surface area (Å²) >= 11 is 0. The van der Waals surface area contributed by atoms with Crippen LogP contribution in [0.5, 0.6) is 11.5 Å². The molecule has 114 valence electrons. The molecular weight excluding hydrogens is 268 g/mol. The molecule has 21 heavy (non-hydrogen) atoms. The van der Waals surface area contributed by atoms with Gasteiger partial charge in [-0.05, 0) is 32.0 Å². The minimum absolute atomic E-state index is 0.0861. The number of methoxy groups -OCH3 is 2. The summed E-state index contributed by atoms with van der Waals surface area (Å²) in [7, 11) is 3.25. The van der Waals surface area contributed by atoms with Crippen LogP contribution in [0.25, 0.3) is 11.3 Å². The second kappa shape index (κ2) is 7.13. The van der Waals surface area contributed by atoms with Crippen molar-refractivity contribution in [2.24, 2.45) is 0 Å². The van der Waals surface area contributed by atoms with Gasteiger partial charge in [-0.3, -0.25) is 0 Å². The fourth-order valence-electron chi connectivity index (χ4n) is 2.06. The Morgan fingerprint density at radius 1 is 1.29 bits per heavy atom. The number of aromatic nitrogens is 1. The molecule has 0 saturated carbocycles. The van der Waals surface area contributed by atoms with Gasteiger partial charge in [0.25, 0.3) is 0 Å². The third-order valence-electron chi connectivity index (χ3n) is 3.27. The monoisotopic (exact) mass is 290 g/mol. The maximum atomic E-state index is 5.85. The van der Waals surface area contributed by atoms with Crippen LogP contribution in [-0.4, -0.2) is 25.7 Å². The molecule has 2 aromatic rings. The number of nitrogens with zero attached hydrogens (tertiary/aromatic N) is 1. The molecular formula is C16H22N2O3. The number of benzene rings is 1. The van der Waals surface area contributed by atoms with Gasteiger partial charge in [-0.15, -0.1) is 0 Å². The lowest BCUT2D eigenvalue weighted by Crippen LogP contribution is -2.19. The highest BCUT2D eigenvalue weighted by Crippen LogP contribution is 2.34. The average molecular weight is 290 g/mol. The van der Waals surface area contributed by atoms with E-state index >= 15 is 0 Å². The maximum absolute atomic E-state index is 5.85. The third-order valence-corrected chi connectivity index (χ3v) is 3.27. The SMILES string of the molecule is CCCNC(C)c1ncc(-c2ccc(OC)cc2OC)o1. The minimum Gasteiger partial charge on any atom is -0.497 e. The molecule has 1 heterocycles. The summed E-state index contributed by atoms with van der Waals surface area (Å²) in [4.78, 5) is 4.35. The van der Waals surface area contributed by atoms with E-state index in [1.54, 1.807) is 20.4 Å². The van der Waals surface area contributed by atoms with E-state index in [1.165, 1.54) is 0 Å². The van der Waals surface area contributed by atoms with Crippen molar-refractivity contribution in [2.75, 3.05) is 20.8 Å². The van der Waals surface area contributed by atoms with Gasteiger partial charge in [0.1, 0.15) is 11.5 Å². The Labute approximate surface area is 125 Å². The van der Waals surface area contributed by atoms with Gasteiger partial charge in [-0.2, -0.15) is 0 Å². The number of hydrogen-bond donors (Lipinski definition) is 1. The van der Waals surface area contributed by atoms with E-state index in [-0.39, 0.29) is 6.04 Å². The zero-order chi connectivity index (χ0) is 15.2. The third kappa shape index (κ3) is 3.55. The van der Waals surface area contributed by atoms with Crippen molar-refractivity contribution in [3.8, 4) is 22.8 Å². The van der Waals surface area contributed by atoms with Crippen molar-refractivity contribution in [1.82, 2.24) is 10.3 Å². The normalized spacial score (nSPS) is 12.2. The molecule has 0 aliphatic rings. The lowest BCUT2D eigenvalue weighted by atomic mass is 10.1. The first-order chi connectivity index (χ1) is 10.2. The molecule has 0 saturated heterocycles. The van der Waals surface area contributed by atoms with Crippen LogP contribution in [-0.2, 0) is 0 Å². The van der Waals surface area contributed by atoms with Crippen LogP contribution in [0.3, 0.4) is 0 Å². The maximum Gasteiger partial charge on any atom is 0.211 e. The summed E-state index contributed by atoms with van der Waals surface area (Å²) in [6.07, 6.45) is 2.80. The van der Waals surface area contributed by atoms with E-state index in [0.717, 1.165) is 24.3 Å². The van der Waals surface area contributed by atoms with E-state index in [1.807, 2.05) is 25.1 Å². The zero-order valence-corrected chi connectivity index (χ0v) is 13.0. The van der Waals surface area contributed by atoms with Crippen molar-refractivity contribution < 1.29 is 13.9 Å². The molecule has 0 radical (unpaired) electrons. The van der Waals surface area contributed by atoms with E-state index in [4.69, 9.17) is 13.9 Å². The first-order valence-corrected chi connectivity index (χ1v) is 7.11. The predicted octanol–water partition coefficient (Wildman–Crippen LogP) is 3.42. The second-order valence-corrected chi connectivity index (χ2v) is 4.80. The van der Waals surface area contributed by atoms with Gasteiger partial charge in [0.2, 0.25) is 5.89 Å². The Kier molecular flexibility index (Phi) is 5.22. The van der Waals surface area contributed by atoms with Crippen molar-refractivity contribution in [1.29, 1.82) is 0 Å². The highest BCUT2D eigenvalue weighted by molar-refractivity contribution is 5.66. The van der Waals surface area contributed by atoms with Gasteiger partial charge in [-0.25, -0.2) is 4.98 Å². The number of nitrogens with one attached hydrogen (secondary N) is 1. The Balaban J connectivity index is 2.24. The summed E-state index contributed by atoms with van der Waals surface area (Å²) in [5, 5.41) is 3.35. The molecule has 5 nitrogen and oxygen atoms in total. The Morgan fingerprint density at radius 2 is 2.10 bits per heavy atom. The first-order valence-electron chi connectivity index (χ1n) is 7.11. The molecule has 0 bridgehead atoms. The van der Waals surface area contributed by atoms with E-state index in [0.29, 0.717) is 17.4 Å². The fourth-order valence-corrected chi connectivity index (χ4v) is 2.06. The Morgan fingerprint density at radius 3 is 2.76 bits per heavy atom. The van der Waals surface area contributed by atoms with Crippen molar-refractivity contribution in [2.45, 2.75) is 26.3 Å². The van der Waals surface area contributed by atoms with Gasteiger partial charge in [-0.1, -0.05) is 6.92 Å². The number of ether oxygens (including phenoxy) is 2. The molecule has 5 heteroatoms. The van der Waals surface area contributed by atoms with E-state index in [9.17, 15) is 0 Å². The highest BCUT2D eigenvalue weighted by atomic mass is 16.5. The summed E-state index contributed by atoms with van der Waals surface area (Å²) in [5.74, 6) is 2.81. The topological polar surface area (TPSA) is 56.5 Å².